The van der Waals surface area contributed by atoms with Crippen molar-refractivity contribution in [3.8, 4) is 23.3 Å². The van der Waals surface area contributed by atoms with Crippen molar-refractivity contribution in [1.29, 1.82) is 5.26 Å². The molecule has 23 heavy (non-hydrogen) atoms. The maximum Gasteiger partial charge on any atom is 0.169 e. The number of nitriles is 1. The van der Waals surface area contributed by atoms with Crippen LogP contribution >= 0.6 is 11.6 Å². The summed E-state index contributed by atoms with van der Waals surface area (Å²) in [6.45, 7) is 0. The molecule has 0 saturated carbocycles. The monoisotopic (exact) mass is 327 g/mol. The first kappa shape index (κ1) is 15.1. The minimum atomic E-state index is -0.449. The van der Waals surface area contributed by atoms with Crippen LogP contribution in [0.15, 0.2) is 48.5 Å². The Labute approximate surface area is 137 Å². The number of methoxy groups -OCH3 is 1. The van der Waals surface area contributed by atoms with E-state index >= 15 is 0 Å². The van der Waals surface area contributed by atoms with E-state index in [1.54, 1.807) is 36.4 Å². The van der Waals surface area contributed by atoms with Gasteiger partial charge in [-0.3, -0.25) is 0 Å². The molecule has 3 rings (SSSR count). The van der Waals surface area contributed by atoms with Gasteiger partial charge < -0.3 is 9.47 Å². The Hall–Kier alpha value is -2.77. The van der Waals surface area contributed by atoms with Crippen molar-refractivity contribution in [3.05, 3.63) is 64.9 Å². The highest BCUT2D eigenvalue weighted by molar-refractivity contribution is 6.30. The summed E-state index contributed by atoms with van der Waals surface area (Å²) in [7, 11) is 1.50. The van der Waals surface area contributed by atoms with Crippen LogP contribution in [0.4, 0.5) is 4.39 Å². The Morgan fingerprint density at radius 1 is 1.00 bits per heavy atom. The summed E-state index contributed by atoms with van der Waals surface area (Å²) in [5.74, 6) is 0.761. The summed E-state index contributed by atoms with van der Waals surface area (Å²) in [4.78, 5) is 0. The molecule has 0 aliphatic rings. The third-order valence-electron chi connectivity index (χ3n) is 3.35. The third-order valence-corrected chi connectivity index (χ3v) is 3.59. The first-order chi connectivity index (χ1) is 11.1. The summed E-state index contributed by atoms with van der Waals surface area (Å²) in [6, 6.07) is 14.6. The van der Waals surface area contributed by atoms with Gasteiger partial charge in [0.25, 0.3) is 0 Å². The van der Waals surface area contributed by atoms with Crippen LogP contribution in [-0.2, 0) is 0 Å². The lowest BCUT2D eigenvalue weighted by Crippen LogP contribution is -1.92. The molecule has 0 bridgehead atoms. The molecule has 0 aliphatic heterocycles. The molecule has 0 saturated heterocycles. The molecule has 0 atom stereocenters. The highest BCUT2D eigenvalue weighted by Gasteiger charge is 2.11. The number of nitrogens with zero attached hydrogens (tertiary/aromatic N) is 1. The fraction of sp³-hybridized carbons (Fsp3) is 0.0556. The number of ether oxygens (including phenoxy) is 2. The van der Waals surface area contributed by atoms with Gasteiger partial charge in [-0.1, -0.05) is 11.6 Å². The van der Waals surface area contributed by atoms with E-state index in [1.807, 2.05) is 6.07 Å². The number of hydrogen-bond donors (Lipinski definition) is 0. The van der Waals surface area contributed by atoms with Crippen molar-refractivity contribution >= 4 is 22.4 Å². The van der Waals surface area contributed by atoms with E-state index in [0.29, 0.717) is 38.6 Å². The van der Waals surface area contributed by atoms with Gasteiger partial charge in [0, 0.05) is 22.5 Å². The van der Waals surface area contributed by atoms with Crippen LogP contribution in [0.5, 0.6) is 17.2 Å². The quantitative estimate of drug-likeness (QED) is 0.655. The van der Waals surface area contributed by atoms with Gasteiger partial charge in [0.05, 0.1) is 18.7 Å². The van der Waals surface area contributed by atoms with Crippen molar-refractivity contribution in [3.63, 3.8) is 0 Å². The van der Waals surface area contributed by atoms with Gasteiger partial charge >= 0.3 is 0 Å². The highest BCUT2D eigenvalue weighted by atomic mass is 35.5. The minimum Gasteiger partial charge on any atom is -0.493 e. The lowest BCUT2D eigenvalue weighted by atomic mass is 10.1. The number of halogens is 2. The first-order valence-corrected chi connectivity index (χ1v) is 7.13. The first-order valence-electron chi connectivity index (χ1n) is 6.75. The Morgan fingerprint density at radius 2 is 1.83 bits per heavy atom. The summed E-state index contributed by atoms with van der Waals surface area (Å²) in [5.41, 5.74) is 0.457. The largest absolute Gasteiger partial charge is 0.493 e. The lowest BCUT2D eigenvalue weighted by molar-refractivity contribution is 0.379. The second-order valence-electron chi connectivity index (χ2n) is 4.85. The van der Waals surface area contributed by atoms with Gasteiger partial charge in [0.2, 0.25) is 0 Å². The topological polar surface area (TPSA) is 42.2 Å². The maximum absolute atomic E-state index is 13.9. The average Bonchev–Trinajstić information content (AvgIpc) is 2.55. The molecule has 3 aromatic rings. The zero-order valence-electron chi connectivity index (χ0n) is 12.1. The van der Waals surface area contributed by atoms with Crippen molar-refractivity contribution in [2.45, 2.75) is 0 Å². The van der Waals surface area contributed by atoms with Crippen molar-refractivity contribution in [1.82, 2.24) is 0 Å². The molecule has 0 aliphatic carbocycles. The van der Waals surface area contributed by atoms with E-state index in [4.69, 9.17) is 26.3 Å². The Morgan fingerprint density at radius 3 is 2.57 bits per heavy atom. The zero-order chi connectivity index (χ0) is 16.4. The van der Waals surface area contributed by atoms with Crippen molar-refractivity contribution < 1.29 is 13.9 Å². The molecule has 0 amide bonds. The molecule has 5 heteroatoms. The zero-order valence-corrected chi connectivity index (χ0v) is 12.9. The van der Waals surface area contributed by atoms with Crippen LogP contribution in [0.3, 0.4) is 0 Å². The van der Waals surface area contributed by atoms with E-state index in [0.717, 1.165) is 0 Å². The standard InChI is InChI=1S/C18H11ClFNO2/c1-22-18-8-13(19)3-5-16(18)23-17-9-14(20)7-12-6-11(10-21)2-4-15(12)17/h2-9H,1H3. The summed E-state index contributed by atoms with van der Waals surface area (Å²) in [6.07, 6.45) is 0. The number of fused-ring (bicyclic) bond motifs is 1. The molecule has 0 fully saturated rings. The van der Waals surface area contributed by atoms with E-state index in [1.165, 1.54) is 19.2 Å². The number of rotatable bonds is 3. The summed E-state index contributed by atoms with van der Waals surface area (Å²) < 4.78 is 24.9. The Kier molecular flexibility index (Phi) is 4.05. The van der Waals surface area contributed by atoms with Crippen LogP contribution in [0.2, 0.25) is 5.02 Å². The summed E-state index contributed by atoms with van der Waals surface area (Å²) >= 11 is 5.93. The van der Waals surface area contributed by atoms with Gasteiger partial charge in [-0.2, -0.15) is 5.26 Å². The van der Waals surface area contributed by atoms with Gasteiger partial charge in [-0.05, 0) is 41.8 Å². The Bertz CT molecular complexity index is 934. The molecular formula is C18H11ClFNO2. The summed E-state index contributed by atoms with van der Waals surface area (Å²) in [5, 5.41) is 10.8. The molecule has 0 spiro atoms. The van der Waals surface area contributed by atoms with Crippen LogP contribution in [0.25, 0.3) is 10.8 Å². The van der Waals surface area contributed by atoms with E-state index < -0.39 is 5.82 Å². The molecule has 3 nitrogen and oxygen atoms in total. The second kappa shape index (κ2) is 6.15. The average molecular weight is 328 g/mol. The molecule has 114 valence electrons. The van der Waals surface area contributed by atoms with Gasteiger partial charge in [0.1, 0.15) is 11.6 Å². The predicted octanol–water partition coefficient (Wildman–Crippen LogP) is 5.30. The molecule has 0 N–H and O–H groups in total. The van der Waals surface area contributed by atoms with Crippen LogP contribution in [-0.4, -0.2) is 7.11 Å². The van der Waals surface area contributed by atoms with E-state index in [2.05, 4.69) is 0 Å². The van der Waals surface area contributed by atoms with Crippen LogP contribution < -0.4 is 9.47 Å². The van der Waals surface area contributed by atoms with Crippen molar-refractivity contribution in [2.24, 2.45) is 0 Å². The molecular weight excluding hydrogens is 317 g/mol. The second-order valence-corrected chi connectivity index (χ2v) is 5.29. The number of hydrogen-bond acceptors (Lipinski definition) is 3. The molecule has 0 unspecified atom stereocenters. The normalized spacial score (nSPS) is 10.3. The smallest absolute Gasteiger partial charge is 0.169 e. The van der Waals surface area contributed by atoms with Crippen molar-refractivity contribution in [2.75, 3.05) is 7.11 Å². The van der Waals surface area contributed by atoms with Gasteiger partial charge in [0.15, 0.2) is 11.5 Å². The Balaban J connectivity index is 2.12. The fourth-order valence-corrected chi connectivity index (χ4v) is 2.46. The molecule has 0 radical (unpaired) electrons. The predicted molar refractivity (Wildman–Crippen MR) is 86.7 cm³/mol. The third kappa shape index (κ3) is 3.05. The molecule has 3 aromatic carbocycles. The van der Waals surface area contributed by atoms with E-state index in [9.17, 15) is 4.39 Å². The van der Waals surface area contributed by atoms with Crippen LogP contribution in [0, 0.1) is 17.1 Å². The molecule has 0 aromatic heterocycles. The van der Waals surface area contributed by atoms with E-state index in [-0.39, 0.29) is 0 Å². The highest BCUT2D eigenvalue weighted by Crippen LogP contribution is 2.37. The lowest BCUT2D eigenvalue weighted by Gasteiger charge is -2.13. The molecule has 0 heterocycles. The fourth-order valence-electron chi connectivity index (χ4n) is 2.30. The SMILES string of the molecule is COc1cc(Cl)ccc1Oc1cc(F)cc2cc(C#N)ccc12. The van der Waals surface area contributed by atoms with Gasteiger partial charge in [-0.25, -0.2) is 4.39 Å². The maximum atomic E-state index is 13.9. The number of benzene rings is 3. The minimum absolute atomic E-state index is 0.338. The van der Waals surface area contributed by atoms with Gasteiger partial charge in [-0.15, -0.1) is 0 Å². The van der Waals surface area contributed by atoms with Crippen LogP contribution in [0.1, 0.15) is 5.56 Å².